The van der Waals surface area contributed by atoms with Crippen molar-refractivity contribution in [2.45, 2.75) is 55.9 Å². The molecule has 43 heavy (non-hydrogen) atoms. The Hall–Kier alpha value is -4.72. The molecule has 0 radical (unpaired) electrons. The third kappa shape index (κ3) is 8.64. The van der Waals surface area contributed by atoms with E-state index in [0.29, 0.717) is 11.1 Å². The van der Waals surface area contributed by atoms with Gasteiger partial charge in [-0.05, 0) is 33.3 Å². The zero-order chi connectivity index (χ0) is 32.6. The van der Waals surface area contributed by atoms with Gasteiger partial charge in [-0.2, -0.15) is 0 Å². The van der Waals surface area contributed by atoms with Gasteiger partial charge in [-0.1, -0.05) is 43.5 Å². The summed E-state index contributed by atoms with van der Waals surface area (Å²) in [6, 6.07) is 5.87. The zero-order valence-electron chi connectivity index (χ0n) is 24.2. The van der Waals surface area contributed by atoms with Gasteiger partial charge in [-0.15, -0.1) is 11.8 Å². The van der Waals surface area contributed by atoms with Crippen LogP contribution in [0.4, 0.5) is 0 Å². The predicted molar refractivity (Wildman–Crippen MR) is 155 cm³/mol. The first-order valence-electron chi connectivity index (χ1n) is 12.7. The molecule has 2 fully saturated rings. The van der Waals surface area contributed by atoms with Crippen molar-refractivity contribution in [1.29, 1.82) is 0 Å². The minimum Gasteiger partial charge on any atom is -0.480 e. The number of carboxylic acids is 1. The number of amides is 3. The summed E-state index contributed by atoms with van der Waals surface area (Å²) in [5.41, 5.74) is 1.25. The quantitative estimate of drug-likeness (QED) is 0.174. The number of hydrogen-bond acceptors (Lipinski definition) is 10. The van der Waals surface area contributed by atoms with Crippen LogP contribution in [0.3, 0.4) is 0 Å². The number of benzene rings is 1. The van der Waals surface area contributed by atoms with E-state index in [-0.39, 0.29) is 11.5 Å². The predicted octanol–water partition coefficient (Wildman–Crippen LogP) is 1.41. The molecule has 4 atom stereocenters. The Morgan fingerprint density at radius 1 is 1.02 bits per heavy atom. The van der Waals surface area contributed by atoms with Gasteiger partial charge in [-0.3, -0.25) is 14.4 Å². The molecule has 4 rings (SSSR count). The number of aliphatic carboxylic acids is 1. The molecule has 14 heteroatoms. The highest BCUT2D eigenvalue weighted by Gasteiger charge is 2.64. The second-order valence-corrected chi connectivity index (χ2v) is 11.8. The Morgan fingerprint density at radius 3 is 1.98 bits per heavy atom. The monoisotopic (exact) mass is 615 g/mol. The van der Waals surface area contributed by atoms with Crippen LogP contribution in [0.1, 0.15) is 39.3 Å². The fraction of sp³-hybridized carbons (Fsp3) is 0.345. The van der Waals surface area contributed by atoms with E-state index in [9.17, 15) is 38.7 Å². The third-order valence-corrected chi connectivity index (χ3v) is 7.69. The number of ether oxygens (including phenoxy) is 2. The van der Waals surface area contributed by atoms with E-state index in [1.165, 1.54) is 30.7 Å². The van der Waals surface area contributed by atoms with Gasteiger partial charge in [0.25, 0.3) is 0 Å². The van der Waals surface area contributed by atoms with E-state index in [2.05, 4.69) is 33.3 Å². The summed E-state index contributed by atoms with van der Waals surface area (Å²) < 4.78 is 7.56. The lowest BCUT2D eigenvalue weighted by Crippen LogP contribution is -2.71. The number of carboxylic acid groups (broad SMARTS) is 1. The lowest BCUT2D eigenvalue weighted by molar-refractivity contribution is -0.161. The number of methoxy groups -OCH3 is 1. The van der Waals surface area contributed by atoms with Crippen molar-refractivity contribution in [1.82, 2.24) is 15.5 Å². The number of carbonyl (C=O) groups is 7. The summed E-state index contributed by atoms with van der Waals surface area (Å²) in [5, 5.41) is 14.3. The summed E-state index contributed by atoms with van der Waals surface area (Å²) in [6.07, 6.45) is 2.17. The topological polar surface area (TPSA) is 185 Å². The SMILES string of the molecule is C=C(C)C(=O)N[C@@H](C(=O)N[C@@H]1C(=O)N2[C@@H]1SC(C)(C)[C@@H]2C(=O)O)c1ccccc1.C=C(C)C(=O)OC.O=C1C=CC(=O)O1. The molecule has 0 bridgehead atoms. The molecule has 0 aliphatic carbocycles. The van der Waals surface area contributed by atoms with Crippen molar-refractivity contribution in [2.24, 2.45) is 0 Å². The van der Waals surface area contributed by atoms with E-state index in [4.69, 9.17) is 0 Å². The van der Waals surface area contributed by atoms with Gasteiger partial charge >= 0.3 is 23.9 Å². The largest absolute Gasteiger partial charge is 0.480 e. The van der Waals surface area contributed by atoms with E-state index in [1.807, 2.05) is 0 Å². The number of hydrogen-bond donors (Lipinski definition) is 3. The van der Waals surface area contributed by atoms with Gasteiger partial charge < -0.3 is 30.1 Å². The highest BCUT2D eigenvalue weighted by Crippen LogP contribution is 2.50. The van der Waals surface area contributed by atoms with E-state index in [1.54, 1.807) is 51.1 Å². The second kappa shape index (κ2) is 14.4. The molecule has 3 aliphatic heterocycles. The van der Waals surface area contributed by atoms with Crippen molar-refractivity contribution >= 4 is 53.4 Å². The standard InChI is InChI=1S/C20H23N3O5S.C5H8O2.C4H2O3/c1-10(2)15(24)21-12(11-8-6-5-7-9-11)16(25)22-13-17(26)23-14(19(27)28)20(3,4)29-18(13)23;1-4(2)5(6)7-3;5-3-1-2-4(6)7-3/h5-9,12-14,18H,1H2,2-4H3,(H,21,24)(H,22,25)(H,27,28);1H2,2-3H3;1-2H/t12-,13-,14+,18-;;/m1../s1. The smallest absolute Gasteiger partial charge is 0.338 e. The van der Waals surface area contributed by atoms with E-state index < -0.39 is 63.9 Å². The summed E-state index contributed by atoms with van der Waals surface area (Å²) >= 11 is 1.34. The number of fused-ring (bicyclic) bond motifs is 1. The first-order valence-corrected chi connectivity index (χ1v) is 13.6. The van der Waals surface area contributed by atoms with Gasteiger partial charge in [0.15, 0.2) is 0 Å². The van der Waals surface area contributed by atoms with Crippen LogP contribution in [0, 0.1) is 0 Å². The first kappa shape index (κ1) is 34.5. The third-order valence-electron chi connectivity index (χ3n) is 6.12. The number of nitrogens with zero attached hydrogens (tertiary/aromatic N) is 1. The van der Waals surface area contributed by atoms with E-state index >= 15 is 0 Å². The van der Waals surface area contributed by atoms with Crippen molar-refractivity contribution in [3.63, 3.8) is 0 Å². The second-order valence-electron chi connectivity index (χ2n) is 10.0. The molecule has 0 unspecified atom stereocenters. The molecule has 0 aromatic heterocycles. The summed E-state index contributed by atoms with van der Waals surface area (Å²) in [6.45, 7) is 13.6. The van der Waals surface area contributed by atoms with Crippen LogP contribution in [-0.2, 0) is 43.0 Å². The minimum atomic E-state index is -1.07. The molecule has 3 heterocycles. The Labute approximate surface area is 252 Å². The number of β-lactam (4-membered cyclic amide) rings is 1. The number of rotatable bonds is 7. The van der Waals surface area contributed by atoms with Crippen molar-refractivity contribution in [3.05, 3.63) is 72.4 Å². The molecular formula is C29H33N3O10S. The van der Waals surface area contributed by atoms with Crippen molar-refractivity contribution in [2.75, 3.05) is 7.11 Å². The molecule has 1 aromatic rings. The summed E-state index contributed by atoms with van der Waals surface area (Å²) in [5.74, 6) is -4.03. The zero-order valence-corrected chi connectivity index (χ0v) is 25.1. The van der Waals surface area contributed by atoms with Crippen LogP contribution < -0.4 is 10.6 Å². The maximum Gasteiger partial charge on any atom is 0.338 e. The molecule has 0 spiro atoms. The number of thioether (sulfide) groups is 1. The van der Waals surface area contributed by atoms with E-state index in [0.717, 1.165) is 12.2 Å². The maximum atomic E-state index is 13.0. The van der Waals surface area contributed by atoms with Crippen LogP contribution in [0.15, 0.2) is 66.8 Å². The minimum absolute atomic E-state index is 0.252. The molecule has 0 saturated carbocycles. The maximum absolute atomic E-state index is 13.0. The first-order chi connectivity index (χ1) is 20.0. The normalized spacial score (nSPS) is 21.3. The van der Waals surface area contributed by atoms with Crippen LogP contribution in [0.2, 0.25) is 0 Å². The van der Waals surface area contributed by atoms with Gasteiger partial charge in [-0.25, -0.2) is 19.2 Å². The molecule has 3 aliphatic rings. The van der Waals surface area contributed by atoms with Crippen LogP contribution in [-0.4, -0.2) is 80.9 Å². The highest BCUT2D eigenvalue weighted by atomic mass is 32.2. The van der Waals surface area contributed by atoms with Gasteiger partial charge in [0.1, 0.15) is 23.5 Å². The number of carbonyl (C=O) groups excluding carboxylic acids is 6. The molecule has 3 N–H and O–H groups in total. The van der Waals surface area contributed by atoms with Crippen LogP contribution >= 0.6 is 11.8 Å². The summed E-state index contributed by atoms with van der Waals surface area (Å²) in [4.78, 5) is 80.6. The lowest BCUT2D eigenvalue weighted by Gasteiger charge is -2.44. The lowest BCUT2D eigenvalue weighted by atomic mass is 9.95. The average Bonchev–Trinajstić information content (AvgIpc) is 3.45. The summed E-state index contributed by atoms with van der Waals surface area (Å²) in [7, 11) is 1.33. The Bertz CT molecular complexity index is 1360. The van der Waals surface area contributed by atoms with Crippen molar-refractivity contribution in [3.8, 4) is 0 Å². The van der Waals surface area contributed by atoms with Gasteiger partial charge in [0, 0.05) is 28.0 Å². The fourth-order valence-electron chi connectivity index (χ4n) is 4.06. The Kier molecular flexibility index (Phi) is 11.6. The number of cyclic esters (lactones) is 2. The Morgan fingerprint density at radius 2 is 1.58 bits per heavy atom. The molecular weight excluding hydrogens is 582 g/mol. The van der Waals surface area contributed by atoms with Crippen LogP contribution in [0.5, 0.6) is 0 Å². The molecule has 2 saturated heterocycles. The Balaban J connectivity index is 0.000000378. The number of nitrogens with one attached hydrogen (secondary N) is 2. The van der Waals surface area contributed by atoms with Crippen molar-refractivity contribution < 1.29 is 48.1 Å². The molecule has 13 nitrogen and oxygen atoms in total. The fourth-order valence-corrected chi connectivity index (χ4v) is 5.68. The molecule has 1 aromatic carbocycles. The number of esters is 3. The van der Waals surface area contributed by atoms with Crippen LogP contribution in [0.25, 0.3) is 0 Å². The highest BCUT2D eigenvalue weighted by molar-refractivity contribution is 8.01. The molecule has 3 amide bonds. The average molecular weight is 616 g/mol. The molecule has 230 valence electrons. The van der Waals surface area contributed by atoms with Gasteiger partial charge in [0.05, 0.1) is 7.11 Å². The van der Waals surface area contributed by atoms with Gasteiger partial charge in [0.2, 0.25) is 17.7 Å².